The average molecular weight is 257 g/mol. The molecule has 2 rings (SSSR count). The Kier molecular flexibility index (Phi) is 4.49. The third-order valence-electron chi connectivity index (χ3n) is 3.01. The molecule has 1 saturated heterocycles. The molecule has 1 heterocycles. The molecule has 0 saturated carbocycles. The molecular formula is C13H17F2NO2. The Balaban J connectivity index is 1.84. The van der Waals surface area contributed by atoms with Crippen molar-refractivity contribution in [3.8, 4) is 5.75 Å². The lowest BCUT2D eigenvalue weighted by Gasteiger charge is -2.26. The van der Waals surface area contributed by atoms with Crippen LogP contribution in [0, 0.1) is 18.6 Å². The quantitative estimate of drug-likeness (QED) is 0.823. The third kappa shape index (κ3) is 3.17. The molecule has 0 amide bonds. The highest BCUT2D eigenvalue weighted by atomic mass is 19.2. The second-order valence-corrected chi connectivity index (χ2v) is 4.31. The monoisotopic (exact) mass is 257 g/mol. The van der Waals surface area contributed by atoms with Gasteiger partial charge in [0.15, 0.2) is 11.6 Å². The van der Waals surface area contributed by atoms with Gasteiger partial charge in [0, 0.05) is 19.6 Å². The maximum absolute atomic E-state index is 13.5. The van der Waals surface area contributed by atoms with E-state index in [4.69, 9.17) is 9.47 Å². The summed E-state index contributed by atoms with van der Waals surface area (Å²) in [5, 5.41) is 0. The predicted octanol–water partition coefficient (Wildman–Crippen LogP) is 1.98. The lowest BCUT2D eigenvalue weighted by Crippen LogP contribution is -2.38. The summed E-state index contributed by atoms with van der Waals surface area (Å²) < 4.78 is 37.3. The third-order valence-corrected chi connectivity index (χ3v) is 3.01. The highest BCUT2D eigenvalue weighted by Crippen LogP contribution is 2.22. The summed E-state index contributed by atoms with van der Waals surface area (Å²) in [6.45, 7) is 5.71. The largest absolute Gasteiger partial charge is 0.489 e. The first kappa shape index (κ1) is 13.2. The molecule has 0 radical (unpaired) electrons. The van der Waals surface area contributed by atoms with Crippen molar-refractivity contribution in [1.29, 1.82) is 0 Å². The predicted molar refractivity (Wildman–Crippen MR) is 63.8 cm³/mol. The summed E-state index contributed by atoms with van der Waals surface area (Å²) >= 11 is 0. The van der Waals surface area contributed by atoms with Crippen LogP contribution in [0.2, 0.25) is 0 Å². The molecule has 0 N–H and O–H groups in total. The van der Waals surface area contributed by atoms with E-state index in [-0.39, 0.29) is 11.3 Å². The maximum atomic E-state index is 13.5. The molecule has 18 heavy (non-hydrogen) atoms. The number of rotatable bonds is 4. The van der Waals surface area contributed by atoms with E-state index in [0.717, 1.165) is 13.1 Å². The zero-order valence-electron chi connectivity index (χ0n) is 10.4. The molecule has 0 atom stereocenters. The average Bonchev–Trinajstić information content (AvgIpc) is 2.40. The Bertz CT molecular complexity index is 406. The summed E-state index contributed by atoms with van der Waals surface area (Å²) in [5.41, 5.74) is 0.285. The van der Waals surface area contributed by atoms with Crippen molar-refractivity contribution >= 4 is 0 Å². The number of benzene rings is 1. The first-order chi connectivity index (χ1) is 8.68. The molecule has 5 heteroatoms. The van der Waals surface area contributed by atoms with Crippen molar-refractivity contribution in [2.75, 3.05) is 39.5 Å². The number of nitrogens with zero attached hydrogens (tertiary/aromatic N) is 1. The highest BCUT2D eigenvalue weighted by molar-refractivity contribution is 5.30. The van der Waals surface area contributed by atoms with Gasteiger partial charge in [-0.3, -0.25) is 4.90 Å². The van der Waals surface area contributed by atoms with E-state index in [1.807, 2.05) is 0 Å². The lowest BCUT2D eigenvalue weighted by molar-refractivity contribution is 0.0320. The van der Waals surface area contributed by atoms with Crippen LogP contribution in [-0.4, -0.2) is 44.4 Å². The molecule has 1 fully saturated rings. The SMILES string of the molecule is Cc1ccc(OCCN2CCOCC2)c(F)c1F. The Labute approximate surface area is 105 Å². The van der Waals surface area contributed by atoms with Gasteiger partial charge >= 0.3 is 0 Å². The van der Waals surface area contributed by atoms with Crippen molar-refractivity contribution in [3.05, 3.63) is 29.3 Å². The van der Waals surface area contributed by atoms with Crippen molar-refractivity contribution in [2.45, 2.75) is 6.92 Å². The van der Waals surface area contributed by atoms with Gasteiger partial charge in [0.25, 0.3) is 0 Å². The van der Waals surface area contributed by atoms with Crippen LogP contribution in [0.3, 0.4) is 0 Å². The molecule has 0 bridgehead atoms. The van der Waals surface area contributed by atoms with E-state index in [1.165, 1.54) is 19.1 Å². The van der Waals surface area contributed by atoms with Gasteiger partial charge in [-0.2, -0.15) is 4.39 Å². The summed E-state index contributed by atoms with van der Waals surface area (Å²) in [6, 6.07) is 2.98. The fourth-order valence-corrected chi connectivity index (χ4v) is 1.85. The molecule has 1 aromatic rings. The van der Waals surface area contributed by atoms with Crippen molar-refractivity contribution in [2.24, 2.45) is 0 Å². The molecular weight excluding hydrogens is 240 g/mol. The van der Waals surface area contributed by atoms with Gasteiger partial charge in [0.2, 0.25) is 5.82 Å². The summed E-state index contributed by atoms with van der Waals surface area (Å²) in [7, 11) is 0. The molecule has 3 nitrogen and oxygen atoms in total. The van der Waals surface area contributed by atoms with Crippen molar-refractivity contribution < 1.29 is 18.3 Å². The zero-order valence-corrected chi connectivity index (χ0v) is 10.4. The number of hydrogen-bond donors (Lipinski definition) is 0. The van der Waals surface area contributed by atoms with E-state index in [1.54, 1.807) is 0 Å². The Morgan fingerprint density at radius 2 is 1.94 bits per heavy atom. The smallest absolute Gasteiger partial charge is 0.200 e. The summed E-state index contributed by atoms with van der Waals surface area (Å²) in [6.07, 6.45) is 0. The van der Waals surface area contributed by atoms with Crippen LogP contribution in [0.1, 0.15) is 5.56 Å². The van der Waals surface area contributed by atoms with Gasteiger partial charge in [0.05, 0.1) is 13.2 Å². The van der Waals surface area contributed by atoms with Crippen LogP contribution < -0.4 is 4.74 Å². The van der Waals surface area contributed by atoms with E-state index in [2.05, 4.69) is 4.90 Å². The minimum atomic E-state index is -0.906. The van der Waals surface area contributed by atoms with Gasteiger partial charge in [-0.15, -0.1) is 0 Å². The maximum Gasteiger partial charge on any atom is 0.200 e. The van der Waals surface area contributed by atoms with E-state index in [9.17, 15) is 8.78 Å². The van der Waals surface area contributed by atoms with Crippen LogP contribution in [-0.2, 0) is 4.74 Å². The normalized spacial score (nSPS) is 16.8. The van der Waals surface area contributed by atoms with Crippen LogP contribution in [0.5, 0.6) is 5.75 Å². The molecule has 0 aliphatic carbocycles. The van der Waals surface area contributed by atoms with E-state index >= 15 is 0 Å². The van der Waals surface area contributed by atoms with Gasteiger partial charge in [-0.25, -0.2) is 4.39 Å². The van der Waals surface area contributed by atoms with Gasteiger partial charge in [-0.05, 0) is 18.6 Å². The molecule has 100 valence electrons. The molecule has 1 aromatic carbocycles. The van der Waals surface area contributed by atoms with Crippen molar-refractivity contribution in [3.63, 3.8) is 0 Å². The number of hydrogen-bond acceptors (Lipinski definition) is 3. The molecule has 0 unspecified atom stereocenters. The topological polar surface area (TPSA) is 21.7 Å². The molecule has 1 aliphatic rings. The second-order valence-electron chi connectivity index (χ2n) is 4.31. The number of aryl methyl sites for hydroxylation is 1. The first-order valence-corrected chi connectivity index (χ1v) is 6.06. The first-order valence-electron chi connectivity index (χ1n) is 6.06. The Morgan fingerprint density at radius 3 is 2.67 bits per heavy atom. The Hall–Kier alpha value is -1.20. The number of ether oxygens (including phenoxy) is 2. The minimum Gasteiger partial charge on any atom is -0.489 e. The van der Waals surface area contributed by atoms with Crippen molar-refractivity contribution in [1.82, 2.24) is 4.90 Å². The second kappa shape index (κ2) is 6.11. The molecule has 0 spiro atoms. The fraction of sp³-hybridized carbons (Fsp3) is 0.538. The molecule has 1 aliphatic heterocycles. The standard InChI is InChI=1S/C13H17F2NO2/c1-10-2-3-11(13(15)12(10)14)18-9-6-16-4-7-17-8-5-16/h2-3H,4-9H2,1H3. The van der Waals surface area contributed by atoms with E-state index in [0.29, 0.717) is 26.4 Å². The van der Waals surface area contributed by atoms with Crippen LogP contribution in [0.4, 0.5) is 8.78 Å². The molecule has 0 aromatic heterocycles. The van der Waals surface area contributed by atoms with E-state index < -0.39 is 11.6 Å². The Morgan fingerprint density at radius 1 is 1.22 bits per heavy atom. The summed E-state index contributed by atoms with van der Waals surface area (Å²) in [4.78, 5) is 2.17. The van der Waals surface area contributed by atoms with Gasteiger partial charge in [-0.1, -0.05) is 6.07 Å². The zero-order chi connectivity index (χ0) is 13.0. The summed E-state index contributed by atoms with van der Waals surface area (Å²) in [5.74, 6) is -1.76. The van der Waals surface area contributed by atoms with Crippen LogP contribution >= 0.6 is 0 Å². The fourth-order valence-electron chi connectivity index (χ4n) is 1.85. The van der Waals surface area contributed by atoms with Crippen LogP contribution in [0.15, 0.2) is 12.1 Å². The van der Waals surface area contributed by atoms with Gasteiger partial charge < -0.3 is 9.47 Å². The van der Waals surface area contributed by atoms with Crippen LogP contribution in [0.25, 0.3) is 0 Å². The van der Waals surface area contributed by atoms with Gasteiger partial charge in [0.1, 0.15) is 6.61 Å². The number of halogens is 2. The highest BCUT2D eigenvalue weighted by Gasteiger charge is 2.13. The number of morpholine rings is 1. The minimum absolute atomic E-state index is 0.0219. The lowest BCUT2D eigenvalue weighted by atomic mass is 10.2.